The highest BCUT2D eigenvalue weighted by atomic mass is 16.4. The second-order valence-electron chi connectivity index (χ2n) is 6.77. The van der Waals surface area contributed by atoms with Crippen molar-refractivity contribution in [1.82, 2.24) is 9.97 Å². The molecule has 0 radical (unpaired) electrons. The number of rotatable bonds is 2. The van der Waals surface area contributed by atoms with Crippen molar-refractivity contribution in [3.63, 3.8) is 0 Å². The van der Waals surface area contributed by atoms with Gasteiger partial charge < -0.3 is 10.2 Å². The van der Waals surface area contributed by atoms with Crippen LogP contribution in [0.1, 0.15) is 31.8 Å². The number of hydrogen-bond acceptors (Lipinski definition) is 4. The van der Waals surface area contributed by atoms with Crippen LogP contribution in [0.2, 0.25) is 0 Å². The van der Waals surface area contributed by atoms with Crippen molar-refractivity contribution in [3.8, 4) is 11.4 Å². The summed E-state index contributed by atoms with van der Waals surface area (Å²) in [4.78, 5) is 33.5. The number of carboxylic acids is 2. The molecule has 0 aliphatic heterocycles. The Balaban J connectivity index is 1.94. The summed E-state index contributed by atoms with van der Waals surface area (Å²) in [5.41, 5.74) is 3.69. The van der Waals surface area contributed by atoms with Crippen LogP contribution in [0.25, 0.3) is 33.2 Å². The van der Waals surface area contributed by atoms with Gasteiger partial charge in [-0.15, -0.1) is 0 Å². The highest BCUT2D eigenvalue weighted by Crippen LogP contribution is 2.39. The lowest BCUT2D eigenvalue weighted by Gasteiger charge is -2.23. The number of benzene rings is 2. The van der Waals surface area contributed by atoms with Gasteiger partial charge in [-0.3, -0.25) is 0 Å². The molecule has 0 atom stereocenters. The van der Waals surface area contributed by atoms with E-state index in [1.54, 1.807) is 48.5 Å². The first kappa shape index (κ1) is 16.4. The van der Waals surface area contributed by atoms with Crippen LogP contribution in [-0.2, 0) is 12.8 Å². The molecule has 28 heavy (non-hydrogen) atoms. The molecule has 0 spiro atoms. The average Bonchev–Trinajstić information content (AvgIpc) is 2.69. The van der Waals surface area contributed by atoms with Gasteiger partial charge >= 0.3 is 11.9 Å². The Morgan fingerprint density at radius 3 is 1.46 bits per heavy atom. The third-order valence-corrected chi connectivity index (χ3v) is 5.26. The number of fused-ring (bicyclic) bond motifs is 5. The lowest BCUT2D eigenvalue weighted by atomic mass is 9.84. The lowest BCUT2D eigenvalue weighted by Crippen LogP contribution is -2.17. The van der Waals surface area contributed by atoms with E-state index < -0.39 is 11.9 Å². The van der Waals surface area contributed by atoms with E-state index >= 15 is 0 Å². The normalized spacial score (nSPS) is 12.6. The Morgan fingerprint density at radius 1 is 0.679 bits per heavy atom. The quantitative estimate of drug-likeness (QED) is 0.554. The zero-order valence-electron chi connectivity index (χ0n) is 14.6. The van der Waals surface area contributed by atoms with Crippen LogP contribution >= 0.6 is 0 Å². The Hall–Kier alpha value is -3.80. The summed E-state index contributed by atoms with van der Waals surface area (Å²) in [6.07, 6.45) is 0.810. The second kappa shape index (κ2) is 5.85. The predicted molar refractivity (Wildman–Crippen MR) is 104 cm³/mol. The number of pyridine rings is 2. The molecule has 0 unspecified atom stereocenters. The van der Waals surface area contributed by atoms with E-state index in [0.29, 0.717) is 57.2 Å². The van der Waals surface area contributed by atoms with Gasteiger partial charge in [-0.05, 0) is 36.1 Å². The van der Waals surface area contributed by atoms with E-state index in [0.717, 1.165) is 0 Å². The predicted octanol–water partition coefficient (Wildman–Crippen LogP) is 3.95. The zero-order valence-corrected chi connectivity index (χ0v) is 14.6. The van der Waals surface area contributed by atoms with Crippen molar-refractivity contribution in [1.29, 1.82) is 0 Å². The smallest absolute Gasteiger partial charge is 0.336 e. The van der Waals surface area contributed by atoms with Gasteiger partial charge in [-0.2, -0.15) is 0 Å². The second-order valence-corrected chi connectivity index (χ2v) is 6.77. The van der Waals surface area contributed by atoms with E-state index in [2.05, 4.69) is 9.97 Å². The highest BCUT2D eigenvalue weighted by molar-refractivity contribution is 6.08. The number of nitrogens with zero attached hydrogens (tertiary/aromatic N) is 2. The Kier molecular flexibility index (Phi) is 3.42. The van der Waals surface area contributed by atoms with Crippen molar-refractivity contribution in [2.24, 2.45) is 0 Å². The topological polar surface area (TPSA) is 100 Å². The average molecular weight is 370 g/mol. The summed E-state index contributed by atoms with van der Waals surface area (Å²) >= 11 is 0. The van der Waals surface area contributed by atoms with Crippen LogP contribution in [-0.4, -0.2) is 32.1 Å². The van der Waals surface area contributed by atoms with Crippen LogP contribution in [0.3, 0.4) is 0 Å². The van der Waals surface area contributed by atoms with E-state index in [-0.39, 0.29) is 11.1 Å². The molecule has 1 aliphatic rings. The summed E-state index contributed by atoms with van der Waals surface area (Å²) in [7, 11) is 0. The van der Waals surface area contributed by atoms with Crippen LogP contribution in [0.4, 0.5) is 0 Å². The highest BCUT2D eigenvalue weighted by Gasteiger charge is 2.30. The molecule has 0 saturated carbocycles. The van der Waals surface area contributed by atoms with E-state index in [9.17, 15) is 19.8 Å². The summed E-state index contributed by atoms with van der Waals surface area (Å²) in [5.74, 6) is -2.03. The molecule has 2 aromatic heterocycles. The minimum absolute atomic E-state index is 0.220. The summed E-state index contributed by atoms with van der Waals surface area (Å²) in [6.45, 7) is 0. The van der Waals surface area contributed by atoms with Gasteiger partial charge in [0.2, 0.25) is 0 Å². The molecule has 1 aliphatic carbocycles. The third-order valence-electron chi connectivity index (χ3n) is 5.26. The lowest BCUT2D eigenvalue weighted by molar-refractivity contribution is 0.0685. The van der Waals surface area contributed by atoms with Gasteiger partial charge in [0.15, 0.2) is 0 Å². The molecule has 0 bridgehead atoms. The van der Waals surface area contributed by atoms with Crippen molar-refractivity contribution in [3.05, 3.63) is 70.8 Å². The molecule has 6 heteroatoms. The van der Waals surface area contributed by atoms with Crippen LogP contribution < -0.4 is 0 Å². The van der Waals surface area contributed by atoms with Gasteiger partial charge in [0.1, 0.15) is 0 Å². The molecule has 0 fully saturated rings. The number of para-hydroxylation sites is 2. The summed E-state index contributed by atoms with van der Waals surface area (Å²) < 4.78 is 0. The maximum absolute atomic E-state index is 12.0. The van der Waals surface area contributed by atoms with E-state index in [4.69, 9.17) is 0 Å². The van der Waals surface area contributed by atoms with Gasteiger partial charge in [-0.25, -0.2) is 19.6 Å². The molecular weight excluding hydrogens is 356 g/mol. The molecule has 6 nitrogen and oxygen atoms in total. The largest absolute Gasteiger partial charge is 0.478 e. The fourth-order valence-electron chi connectivity index (χ4n) is 4.12. The standard InChI is InChI=1S/C22H14N2O4/c25-21(26)17-11-5-1-3-7-15(11)23-19-13(17)9-10-14-18(22(27)28)12-6-2-4-8-16(12)24-20(14)19/h1-8H,9-10H2,(H,25,26)(H,27,28). The van der Waals surface area contributed by atoms with Gasteiger partial charge in [0.05, 0.1) is 33.5 Å². The number of carbonyl (C=O) groups is 2. The third kappa shape index (κ3) is 2.21. The monoisotopic (exact) mass is 370 g/mol. The molecule has 4 aromatic rings. The maximum atomic E-state index is 12.0. The number of aromatic nitrogens is 2. The molecule has 2 N–H and O–H groups in total. The minimum Gasteiger partial charge on any atom is -0.478 e. The molecule has 0 saturated heterocycles. The summed E-state index contributed by atoms with van der Waals surface area (Å²) in [5, 5.41) is 20.9. The first-order valence-corrected chi connectivity index (χ1v) is 8.86. The Labute approximate surface area is 159 Å². The molecule has 2 aromatic carbocycles. The maximum Gasteiger partial charge on any atom is 0.336 e. The Morgan fingerprint density at radius 2 is 1.07 bits per heavy atom. The van der Waals surface area contributed by atoms with Crippen molar-refractivity contribution in [2.75, 3.05) is 0 Å². The zero-order chi connectivity index (χ0) is 19.4. The van der Waals surface area contributed by atoms with Crippen molar-refractivity contribution in [2.45, 2.75) is 12.8 Å². The summed E-state index contributed by atoms with van der Waals surface area (Å²) in [6, 6.07) is 14.2. The van der Waals surface area contributed by atoms with Crippen LogP contribution in [0, 0.1) is 0 Å². The van der Waals surface area contributed by atoms with Crippen LogP contribution in [0.5, 0.6) is 0 Å². The molecule has 5 rings (SSSR count). The molecule has 0 amide bonds. The van der Waals surface area contributed by atoms with Crippen LogP contribution in [0.15, 0.2) is 48.5 Å². The molecule has 2 heterocycles. The SMILES string of the molecule is O=C(O)c1c2c(nc3ccccc13)-c1nc3ccccc3c(C(=O)O)c1CC2. The van der Waals surface area contributed by atoms with Gasteiger partial charge in [-0.1, -0.05) is 36.4 Å². The van der Waals surface area contributed by atoms with E-state index in [1.165, 1.54) is 0 Å². The number of carboxylic acid groups (broad SMARTS) is 2. The van der Waals surface area contributed by atoms with Crippen molar-refractivity contribution < 1.29 is 19.8 Å². The first-order chi connectivity index (χ1) is 13.6. The van der Waals surface area contributed by atoms with Gasteiger partial charge in [0.25, 0.3) is 0 Å². The van der Waals surface area contributed by atoms with Gasteiger partial charge in [0, 0.05) is 10.8 Å². The Bertz CT molecular complexity index is 1220. The van der Waals surface area contributed by atoms with E-state index in [1.807, 2.05) is 0 Å². The fraction of sp³-hybridized carbons (Fsp3) is 0.0909. The fourth-order valence-corrected chi connectivity index (χ4v) is 4.12. The minimum atomic E-state index is -1.02. The number of hydrogen-bond donors (Lipinski definition) is 2. The molecular formula is C22H14N2O4. The number of aromatic carboxylic acids is 2. The van der Waals surface area contributed by atoms with Crippen molar-refractivity contribution >= 4 is 33.7 Å². The first-order valence-electron chi connectivity index (χ1n) is 8.86. The molecule has 136 valence electrons.